The molecule has 1 aromatic heterocycles. The molecule has 0 spiro atoms. The Bertz CT molecular complexity index is 698. The zero-order chi connectivity index (χ0) is 15.4. The first-order chi connectivity index (χ1) is 9.95. The quantitative estimate of drug-likeness (QED) is 0.884. The van der Waals surface area contributed by atoms with Crippen molar-refractivity contribution in [1.29, 1.82) is 0 Å². The summed E-state index contributed by atoms with van der Waals surface area (Å²) in [6.07, 6.45) is 4.24. The van der Waals surface area contributed by atoms with Gasteiger partial charge in [-0.25, -0.2) is 4.98 Å². The van der Waals surface area contributed by atoms with E-state index in [1.165, 1.54) is 12.0 Å². The van der Waals surface area contributed by atoms with Crippen molar-refractivity contribution >= 4 is 17.0 Å². The highest BCUT2D eigenvalue weighted by Gasteiger charge is 2.07. The van der Waals surface area contributed by atoms with E-state index in [-0.39, 0.29) is 5.56 Å². The molecule has 112 valence electrons. The smallest absolute Gasteiger partial charge is 0.259 e. The number of hydrogen-bond acceptors (Lipinski definition) is 2. The highest BCUT2D eigenvalue weighted by Crippen LogP contribution is 2.20. The summed E-state index contributed by atoms with van der Waals surface area (Å²) in [6.45, 7) is 8.87. The van der Waals surface area contributed by atoms with Crippen molar-refractivity contribution in [2.45, 2.75) is 40.5 Å². The van der Waals surface area contributed by atoms with Crippen molar-refractivity contribution in [1.82, 2.24) is 9.97 Å². The lowest BCUT2D eigenvalue weighted by Gasteiger charge is -2.14. The molecule has 0 aliphatic rings. The van der Waals surface area contributed by atoms with Gasteiger partial charge in [-0.3, -0.25) is 4.79 Å². The van der Waals surface area contributed by atoms with E-state index in [1.807, 2.05) is 24.3 Å². The highest BCUT2D eigenvalue weighted by atomic mass is 16.1. The minimum atomic E-state index is -0.0742. The Morgan fingerprint density at radius 2 is 2.00 bits per heavy atom. The highest BCUT2D eigenvalue weighted by molar-refractivity contribution is 5.77. The molecule has 0 aliphatic carbocycles. The van der Waals surface area contributed by atoms with Crippen molar-refractivity contribution in [2.75, 3.05) is 0 Å². The Kier molecular flexibility index (Phi) is 4.94. The molecule has 1 atom stereocenters. The summed E-state index contributed by atoms with van der Waals surface area (Å²) in [6, 6.07) is 7.43. The fraction of sp³-hybridized carbons (Fsp3) is 0.444. The van der Waals surface area contributed by atoms with E-state index >= 15 is 0 Å². The normalized spacial score (nSPS) is 13.9. The van der Waals surface area contributed by atoms with Gasteiger partial charge in [-0.15, -0.1) is 0 Å². The molecule has 1 N–H and O–H groups in total. The number of aromatic amines is 1. The first-order valence-corrected chi connectivity index (χ1v) is 7.62. The summed E-state index contributed by atoms with van der Waals surface area (Å²) in [5.74, 6) is 2.01. The molecule has 0 saturated heterocycles. The molecule has 1 heterocycles. The lowest BCUT2D eigenvalue weighted by Crippen LogP contribution is -2.09. The number of nitrogens with zero attached hydrogens (tertiary/aromatic N) is 1. The van der Waals surface area contributed by atoms with Gasteiger partial charge >= 0.3 is 0 Å². The summed E-state index contributed by atoms with van der Waals surface area (Å²) < 4.78 is 0. The molecule has 0 fully saturated rings. The van der Waals surface area contributed by atoms with Gasteiger partial charge in [0.2, 0.25) is 0 Å². The van der Waals surface area contributed by atoms with Crippen molar-refractivity contribution in [3.63, 3.8) is 0 Å². The van der Waals surface area contributed by atoms with E-state index in [1.54, 1.807) is 6.07 Å². The fourth-order valence-electron chi connectivity index (χ4n) is 2.90. The zero-order valence-corrected chi connectivity index (χ0v) is 13.3. The second-order valence-electron chi connectivity index (χ2n) is 6.40. The molecule has 21 heavy (non-hydrogen) atoms. The Morgan fingerprint density at radius 3 is 2.71 bits per heavy atom. The van der Waals surface area contributed by atoms with E-state index in [2.05, 4.69) is 37.7 Å². The van der Waals surface area contributed by atoms with Gasteiger partial charge in [0.05, 0.1) is 10.9 Å². The van der Waals surface area contributed by atoms with E-state index in [4.69, 9.17) is 0 Å². The number of rotatable bonds is 5. The van der Waals surface area contributed by atoms with Crippen molar-refractivity contribution in [3.8, 4) is 0 Å². The third kappa shape index (κ3) is 4.28. The van der Waals surface area contributed by atoms with Crippen LogP contribution in [-0.4, -0.2) is 9.97 Å². The average Bonchev–Trinajstić information content (AvgIpc) is 2.37. The molecule has 2 aromatic rings. The predicted molar refractivity (Wildman–Crippen MR) is 89.3 cm³/mol. The Morgan fingerprint density at radius 1 is 1.29 bits per heavy atom. The summed E-state index contributed by atoms with van der Waals surface area (Å²) in [5, 5.41) is 0.639. The molecule has 3 heteroatoms. The van der Waals surface area contributed by atoms with Crippen LogP contribution in [0.1, 0.15) is 46.4 Å². The molecule has 2 rings (SSSR count). The molecular weight excluding hydrogens is 260 g/mol. The average molecular weight is 284 g/mol. The maximum Gasteiger partial charge on any atom is 0.259 e. The maximum atomic E-state index is 12.0. The van der Waals surface area contributed by atoms with Gasteiger partial charge in [0.1, 0.15) is 5.82 Å². The third-order valence-electron chi connectivity index (χ3n) is 3.56. The van der Waals surface area contributed by atoms with Gasteiger partial charge in [-0.2, -0.15) is 0 Å². The molecule has 1 aromatic carbocycles. The molecule has 0 aliphatic heterocycles. The molecule has 0 radical (unpaired) electrons. The van der Waals surface area contributed by atoms with E-state index in [0.717, 1.165) is 11.9 Å². The van der Waals surface area contributed by atoms with Gasteiger partial charge in [0.15, 0.2) is 0 Å². The van der Waals surface area contributed by atoms with Crippen LogP contribution in [-0.2, 0) is 0 Å². The summed E-state index contributed by atoms with van der Waals surface area (Å²) in [5.41, 5.74) is 1.92. The van der Waals surface area contributed by atoms with Gasteiger partial charge in [0.25, 0.3) is 5.56 Å². The summed E-state index contributed by atoms with van der Waals surface area (Å²) >= 11 is 0. The van der Waals surface area contributed by atoms with Gasteiger partial charge in [0, 0.05) is 0 Å². The van der Waals surface area contributed by atoms with E-state index < -0.39 is 0 Å². The number of allylic oxidation sites excluding steroid dienone is 1. The second kappa shape index (κ2) is 6.70. The Hall–Kier alpha value is -1.90. The first kappa shape index (κ1) is 15.5. The van der Waals surface area contributed by atoms with Crippen LogP contribution in [0.25, 0.3) is 17.0 Å². The second-order valence-corrected chi connectivity index (χ2v) is 6.40. The third-order valence-corrected chi connectivity index (χ3v) is 3.56. The molecule has 0 saturated carbocycles. The number of aromatic nitrogens is 2. The first-order valence-electron chi connectivity index (χ1n) is 7.62. The molecule has 0 amide bonds. The Balaban J connectivity index is 2.22. The molecule has 3 nitrogen and oxygen atoms in total. The van der Waals surface area contributed by atoms with Crippen molar-refractivity contribution in [2.24, 2.45) is 11.8 Å². The van der Waals surface area contributed by atoms with Gasteiger partial charge < -0.3 is 4.98 Å². The molecule has 0 bridgehead atoms. The largest absolute Gasteiger partial charge is 0.306 e. The molecule has 0 unspecified atom stereocenters. The summed E-state index contributed by atoms with van der Waals surface area (Å²) in [7, 11) is 0. The number of benzene rings is 1. The minimum absolute atomic E-state index is 0.0742. The lowest BCUT2D eigenvalue weighted by molar-refractivity contribution is 0.437. The van der Waals surface area contributed by atoms with Crippen LogP contribution in [0.5, 0.6) is 0 Å². The van der Waals surface area contributed by atoms with Crippen LogP contribution in [0.15, 0.2) is 34.6 Å². The lowest BCUT2D eigenvalue weighted by atomic mass is 9.93. The predicted octanol–water partition coefficient (Wildman–Crippen LogP) is 4.40. The minimum Gasteiger partial charge on any atom is -0.306 e. The maximum absolute atomic E-state index is 12.0. The van der Waals surface area contributed by atoms with Crippen LogP contribution >= 0.6 is 0 Å². The van der Waals surface area contributed by atoms with E-state index in [0.29, 0.717) is 23.0 Å². The van der Waals surface area contributed by atoms with Crippen LogP contribution in [0.2, 0.25) is 0 Å². The topological polar surface area (TPSA) is 45.8 Å². The van der Waals surface area contributed by atoms with Crippen molar-refractivity contribution < 1.29 is 0 Å². The SMILES string of the molecule is C/C(=C\c1nc2ccccc2c(=O)[nH]1)C[C@@H](C)CC(C)C. The number of para-hydroxylation sites is 1. The van der Waals surface area contributed by atoms with Crippen LogP contribution < -0.4 is 5.56 Å². The standard InChI is InChI=1S/C18H24N2O/c1-12(2)9-13(3)10-14(4)11-17-19-16-8-6-5-7-15(16)18(21)20-17/h5-8,11-13H,9-10H2,1-4H3,(H,19,20,21)/b14-11+/t13-/m0/s1. The zero-order valence-electron chi connectivity index (χ0n) is 13.3. The number of H-pyrrole nitrogens is 1. The van der Waals surface area contributed by atoms with Gasteiger partial charge in [-0.1, -0.05) is 38.5 Å². The number of nitrogens with one attached hydrogen (secondary N) is 1. The fourth-order valence-corrected chi connectivity index (χ4v) is 2.90. The van der Waals surface area contributed by atoms with E-state index in [9.17, 15) is 4.79 Å². The summed E-state index contributed by atoms with van der Waals surface area (Å²) in [4.78, 5) is 19.4. The van der Waals surface area contributed by atoms with Crippen LogP contribution in [0, 0.1) is 11.8 Å². The number of hydrogen-bond donors (Lipinski definition) is 1. The number of fused-ring (bicyclic) bond motifs is 1. The monoisotopic (exact) mass is 284 g/mol. The van der Waals surface area contributed by atoms with Crippen LogP contribution in [0.3, 0.4) is 0 Å². The van der Waals surface area contributed by atoms with Crippen molar-refractivity contribution in [3.05, 3.63) is 46.0 Å². The van der Waals surface area contributed by atoms with Gasteiger partial charge in [-0.05, 0) is 49.8 Å². The van der Waals surface area contributed by atoms with Crippen LogP contribution in [0.4, 0.5) is 0 Å². The Labute approximate surface area is 126 Å². The molecular formula is C18H24N2O.